The first-order valence-corrected chi connectivity index (χ1v) is 4.52. The Balaban J connectivity index is 2.32. The molecule has 64 valence electrons. The molecule has 1 aliphatic rings. The first kappa shape index (κ1) is 7.04. The molecule has 1 N–H and O–H groups in total. The minimum Gasteiger partial charge on any atom is -0.307 e. The van der Waals surface area contributed by atoms with Crippen LogP contribution in [0.4, 0.5) is 0 Å². The summed E-state index contributed by atoms with van der Waals surface area (Å²) in [6.07, 6.45) is 1.89. The third kappa shape index (κ3) is 1.11. The van der Waals surface area contributed by atoms with Gasteiger partial charge in [0.25, 0.3) is 0 Å². The van der Waals surface area contributed by atoms with Crippen molar-refractivity contribution in [2.75, 3.05) is 6.54 Å². The van der Waals surface area contributed by atoms with Gasteiger partial charge < -0.3 is 5.32 Å². The second-order valence-corrected chi connectivity index (χ2v) is 3.38. The van der Waals surface area contributed by atoms with Gasteiger partial charge in [-0.3, -0.25) is 4.98 Å². The van der Waals surface area contributed by atoms with E-state index in [9.17, 15) is 0 Å². The van der Waals surface area contributed by atoms with E-state index < -0.39 is 0 Å². The molecule has 1 fully saturated rings. The standard InChI is InChI=1S/C11H10N2/c1-2-4-10-8(3-1)9(5-6-12-10)11-7-13-11/h1-6,11,13H,7H2/t11-/m1/s1. The van der Waals surface area contributed by atoms with Crippen molar-refractivity contribution in [2.24, 2.45) is 0 Å². The van der Waals surface area contributed by atoms with Crippen LogP contribution in [0.3, 0.4) is 0 Å². The minimum absolute atomic E-state index is 0.563. The van der Waals surface area contributed by atoms with Crippen molar-refractivity contribution in [1.29, 1.82) is 0 Å². The van der Waals surface area contributed by atoms with E-state index in [1.54, 1.807) is 0 Å². The fraction of sp³-hybridized carbons (Fsp3) is 0.182. The molecule has 0 radical (unpaired) electrons. The number of fused-ring (bicyclic) bond motifs is 1. The van der Waals surface area contributed by atoms with Gasteiger partial charge in [0.05, 0.1) is 5.52 Å². The van der Waals surface area contributed by atoms with Gasteiger partial charge in [0, 0.05) is 24.2 Å². The molecule has 0 spiro atoms. The van der Waals surface area contributed by atoms with Crippen molar-refractivity contribution in [2.45, 2.75) is 6.04 Å². The molecular weight excluding hydrogens is 160 g/mol. The number of nitrogens with one attached hydrogen (secondary N) is 1. The van der Waals surface area contributed by atoms with Crippen LogP contribution in [0.5, 0.6) is 0 Å². The average Bonchev–Trinajstić information content (AvgIpc) is 3.00. The van der Waals surface area contributed by atoms with Crippen LogP contribution in [0.25, 0.3) is 10.9 Å². The fourth-order valence-corrected chi connectivity index (χ4v) is 1.70. The lowest BCUT2D eigenvalue weighted by molar-refractivity contribution is 1.09. The Morgan fingerprint density at radius 1 is 1.23 bits per heavy atom. The second kappa shape index (κ2) is 2.54. The topological polar surface area (TPSA) is 34.8 Å². The highest BCUT2D eigenvalue weighted by molar-refractivity contribution is 5.82. The number of aromatic nitrogens is 1. The van der Waals surface area contributed by atoms with Crippen LogP contribution in [0.1, 0.15) is 11.6 Å². The summed E-state index contributed by atoms with van der Waals surface area (Å²) >= 11 is 0. The van der Waals surface area contributed by atoms with Crippen LogP contribution in [0.15, 0.2) is 36.5 Å². The van der Waals surface area contributed by atoms with Gasteiger partial charge in [-0.1, -0.05) is 18.2 Å². The third-order valence-corrected chi connectivity index (χ3v) is 2.47. The van der Waals surface area contributed by atoms with E-state index in [0.29, 0.717) is 6.04 Å². The second-order valence-electron chi connectivity index (χ2n) is 3.38. The third-order valence-electron chi connectivity index (χ3n) is 2.47. The van der Waals surface area contributed by atoms with Crippen molar-refractivity contribution >= 4 is 10.9 Å². The number of benzene rings is 1. The maximum absolute atomic E-state index is 4.32. The number of pyridine rings is 1. The summed E-state index contributed by atoms with van der Waals surface area (Å²) in [7, 11) is 0. The zero-order valence-corrected chi connectivity index (χ0v) is 7.20. The van der Waals surface area contributed by atoms with Crippen molar-refractivity contribution in [3.63, 3.8) is 0 Å². The highest BCUT2D eigenvalue weighted by atomic mass is 15.1. The van der Waals surface area contributed by atoms with E-state index in [1.807, 2.05) is 12.3 Å². The minimum atomic E-state index is 0.563. The van der Waals surface area contributed by atoms with Gasteiger partial charge in [0.15, 0.2) is 0 Å². The summed E-state index contributed by atoms with van der Waals surface area (Å²) in [5, 5.41) is 4.59. The number of hydrogen-bond acceptors (Lipinski definition) is 2. The highest BCUT2D eigenvalue weighted by Crippen LogP contribution is 2.27. The maximum Gasteiger partial charge on any atom is 0.0705 e. The molecule has 2 heterocycles. The zero-order valence-electron chi connectivity index (χ0n) is 7.20. The van der Waals surface area contributed by atoms with Crippen LogP contribution in [-0.2, 0) is 0 Å². The Kier molecular flexibility index (Phi) is 1.37. The first-order valence-electron chi connectivity index (χ1n) is 4.52. The molecule has 0 bridgehead atoms. The van der Waals surface area contributed by atoms with Gasteiger partial charge in [0.2, 0.25) is 0 Å². The number of para-hydroxylation sites is 1. The van der Waals surface area contributed by atoms with Gasteiger partial charge in [-0.05, 0) is 17.7 Å². The summed E-state index contributed by atoms with van der Waals surface area (Å²) in [5.41, 5.74) is 2.47. The molecule has 1 atom stereocenters. The molecule has 2 nitrogen and oxygen atoms in total. The van der Waals surface area contributed by atoms with Gasteiger partial charge >= 0.3 is 0 Å². The molecule has 13 heavy (non-hydrogen) atoms. The number of hydrogen-bond donors (Lipinski definition) is 1. The Bertz CT molecular complexity index is 441. The summed E-state index contributed by atoms with van der Waals surface area (Å²) in [6.45, 7) is 1.11. The molecular formula is C11H10N2. The fourth-order valence-electron chi connectivity index (χ4n) is 1.70. The summed E-state index contributed by atoms with van der Waals surface area (Å²) in [4.78, 5) is 4.32. The average molecular weight is 170 g/mol. The van der Waals surface area contributed by atoms with E-state index >= 15 is 0 Å². The van der Waals surface area contributed by atoms with Crippen molar-refractivity contribution in [3.8, 4) is 0 Å². The lowest BCUT2D eigenvalue weighted by Gasteiger charge is -2.02. The Morgan fingerprint density at radius 2 is 2.08 bits per heavy atom. The van der Waals surface area contributed by atoms with E-state index in [4.69, 9.17) is 0 Å². The summed E-state index contributed by atoms with van der Waals surface area (Å²) in [5.74, 6) is 0. The predicted molar refractivity (Wildman–Crippen MR) is 52.5 cm³/mol. The number of nitrogens with zero attached hydrogens (tertiary/aromatic N) is 1. The molecule has 3 rings (SSSR count). The molecule has 1 aromatic heterocycles. The molecule has 0 aliphatic carbocycles. The maximum atomic E-state index is 4.32. The lowest BCUT2D eigenvalue weighted by Crippen LogP contribution is -1.88. The van der Waals surface area contributed by atoms with E-state index in [0.717, 1.165) is 12.1 Å². The normalized spacial score (nSPS) is 20.5. The lowest BCUT2D eigenvalue weighted by atomic mass is 10.1. The molecule has 0 amide bonds. The summed E-state index contributed by atoms with van der Waals surface area (Å²) in [6, 6.07) is 11.0. The largest absolute Gasteiger partial charge is 0.307 e. The van der Waals surface area contributed by atoms with Crippen LogP contribution in [0.2, 0.25) is 0 Å². The Hall–Kier alpha value is -1.41. The van der Waals surface area contributed by atoms with Gasteiger partial charge in [-0.2, -0.15) is 0 Å². The van der Waals surface area contributed by atoms with E-state index in [-0.39, 0.29) is 0 Å². The van der Waals surface area contributed by atoms with Gasteiger partial charge in [0.1, 0.15) is 0 Å². The van der Waals surface area contributed by atoms with E-state index in [2.05, 4.69) is 34.6 Å². The van der Waals surface area contributed by atoms with Crippen LogP contribution < -0.4 is 5.32 Å². The van der Waals surface area contributed by atoms with Crippen LogP contribution in [-0.4, -0.2) is 11.5 Å². The van der Waals surface area contributed by atoms with Crippen LogP contribution in [0, 0.1) is 0 Å². The molecule has 2 aromatic rings. The van der Waals surface area contributed by atoms with Crippen molar-refractivity contribution in [3.05, 3.63) is 42.1 Å². The molecule has 1 saturated heterocycles. The quantitative estimate of drug-likeness (QED) is 0.663. The molecule has 0 saturated carbocycles. The van der Waals surface area contributed by atoms with Gasteiger partial charge in [-0.15, -0.1) is 0 Å². The Labute approximate surface area is 76.6 Å². The summed E-state index contributed by atoms with van der Waals surface area (Å²) < 4.78 is 0. The van der Waals surface area contributed by atoms with E-state index in [1.165, 1.54) is 10.9 Å². The monoisotopic (exact) mass is 170 g/mol. The SMILES string of the molecule is c1ccc2c([C@H]3CN3)ccnc2c1. The van der Waals surface area contributed by atoms with Crippen molar-refractivity contribution < 1.29 is 0 Å². The molecule has 1 aromatic carbocycles. The molecule has 2 heteroatoms. The number of rotatable bonds is 1. The zero-order chi connectivity index (χ0) is 8.67. The smallest absolute Gasteiger partial charge is 0.0705 e. The van der Waals surface area contributed by atoms with Gasteiger partial charge in [-0.25, -0.2) is 0 Å². The van der Waals surface area contributed by atoms with Crippen molar-refractivity contribution in [1.82, 2.24) is 10.3 Å². The first-order chi connectivity index (χ1) is 6.45. The van der Waals surface area contributed by atoms with Crippen LogP contribution >= 0.6 is 0 Å². The molecule has 1 aliphatic heterocycles. The highest BCUT2D eigenvalue weighted by Gasteiger charge is 2.23. The predicted octanol–water partition coefficient (Wildman–Crippen LogP) is 1.88. The molecule has 0 unspecified atom stereocenters. The Morgan fingerprint density at radius 3 is 2.92 bits per heavy atom.